The van der Waals surface area contributed by atoms with Crippen LogP contribution in [0, 0.1) is 5.82 Å². The van der Waals surface area contributed by atoms with Crippen molar-refractivity contribution in [3.63, 3.8) is 0 Å². The number of pyridine rings is 1. The molecule has 0 saturated carbocycles. The Bertz CT molecular complexity index is 578. The number of rotatable bonds is 3. The Hall–Kier alpha value is -0.970. The van der Waals surface area contributed by atoms with Crippen LogP contribution in [0.25, 0.3) is 0 Å². The highest BCUT2D eigenvalue weighted by molar-refractivity contribution is 7.98. The highest BCUT2D eigenvalue weighted by Gasteiger charge is 2.06. The minimum absolute atomic E-state index is 0.313. The first-order valence-electron chi connectivity index (χ1n) is 5.05. The van der Waals surface area contributed by atoms with E-state index in [4.69, 9.17) is 28.9 Å². The summed E-state index contributed by atoms with van der Waals surface area (Å²) < 4.78 is 13.1. The molecule has 2 N–H and O–H groups in total. The van der Waals surface area contributed by atoms with Crippen LogP contribution < -0.4 is 5.73 Å². The van der Waals surface area contributed by atoms with Gasteiger partial charge in [0.2, 0.25) is 0 Å². The molecule has 0 bridgehead atoms. The van der Waals surface area contributed by atoms with E-state index in [1.807, 2.05) is 0 Å². The first kappa shape index (κ1) is 13.5. The van der Waals surface area contributed by atoms with E-state index in [1.165, 1.54) is 23.9 Å². The van der Waals surface area contributed by atoms with Gasteiger partial charge in [0.1, 0.15) is 16.1 Å². The van der Waals surface area contributed by atoms with Gasteiger partial charge in [-0.05, 0) is 29.8 Å². The van der Waals surface area contributed by atoms with E-state index in [9.17, 15) is 4.39 Å². The molecule has 0 fully saturated rings. The zero-order valence-corrected chi connectivity index (χ0v) is 11.5. The van der Waals surface area contributed by atoms with Gasteiger partial charge in [-0.1, -0.05) is 29.3 Å². The van der Waals surface area contributed by atoms with Gasteiger partial charge in [0.25, 0.3) is 0 Å². The molecule has 0 aliphatic heterocycles. The number of halogens is 3. The van der Waals surface area contributed by atoms with Crippen molar-refractivity contribution in [1.82, 2.24) is 4.98 Å². The number of benzene rings is 1. The minimum atomic E-state index is -0.313. The summed E-state index contributed by atoms with van der Waals surface area (Å²) >= 11 is 13.1. The molecule has 0 atom stereocenters. The van der Waals surface area contributed by atoms with E-state index in [2.05, 4.69) is 4.98 Å². The van der Waals surface area contributed by atoms with Gasteiger partial charge in [-0.3, -0.25) is 0 Å². The molecule has 1 aromatic carbocycles. The molecule has 0 aliphatic rings. The van der Waals surface area contributed by atoms with Gasteiger partial charge in [0.15, 0.2) is 0 Å². The lowest BCUT2D eigenvalue weighted by molar-refractivity contribution is 0.624. The zero-order chi connectivity index (χ0) is 13.1. The molecular formula is C12H9Cl2FN2S. The van der Waals surface area contributed by atoms with Crippen molar-refractivity contribution in [3.8, 4) is 0 Å². The van der Waals surface area contributed by atoms with E-state index in [-0.39, 0.29) is 5.82 Å². The number of nitrogen functional groups attached to an aromatic ring is 1. The molecule has 1 aromatic heterocycles. The molecule has 18 heavy (non-hydrogen) atoms. The maximum Gasteiger partial charge on any atom is 0.134 e. The van der Waals surface area contributed by atoms with Gasteiger partial charge in [0.05, 0.1) is 0 Å². The molecule has 2 rings (SSSR count). The molecule has 0 spiro atoms. The van der Waals surface area contributed by atoms with Crippen LogP contribution in [0.5, 0.6) is 0 Å². The van der Waals surface area contributed by atoms with Gasteiger partial charge < -0.3 is 5.73 Å². The normalized spacial score (nSPS) is 10.6. The zero-order valence-electron chi connectivity index (χ0n) is 9.16. The van der Waals surface area contributed by atoms with Crippen LogP contribution in [0.3, 0.4) is 0 Å². The van der Waals surface area contributed by atoms with Crippen LogP contribution in [-0.4, -0.2) is 4.98 Å². The third-order valence-corrected chi connectivity index (χ3v) is 3.91. The van der Waals surface area contributed by atoms with Gasteiger partial charge in [-0.25, -0.2) is 9.37 Å². The Kier molecular flexibility index (Phi) is 4.32. The summed E-state index contributed by atoms with van der Waals surface area (Å²) in [6.07, 6.45) is 0. The molecule has 0 radical (unpaired) electrons. The highest BCUT2D eigenvalue weighted by Crippen LogP contribution is 2.30. The monoisotopic (exact) mass is 302 g/mol. The number of thioether (sulfide) groups is 1. The van der Waals surface area contributed by atoms with Crippen molar-refractivity contribution in [1.29, 1.82) is 0 Å². The first-order chi connectivity index (χ1) is 8.56. The molecule has 1 heterocycles. The van der Waals surface area contributed by atoms with Crippen LogP contribution in [0.1, 0.15) is 5.56 Å². The van der Waals surface area contributed by atoms with Crippen molar-refractivity contribution in [2.45, 2.75) is 10.6 Å². The topological polar surface area (TPSA) is 38.9 Å². The summed E-state index contributed by atoms with van der Waals surface area (Å²) in [5.41, 5.74) is 7.13. The van der Waals surface area contributed by atoms with E-state index in [1.54, 1.807) is 18.2 Å². The molecule has 0 saturated heterocycles. The Morgan fingerprint density at radius 2 is 2.00 bits per heavy atom. The number of hydrogen-bond acceptors (Lipinski definition) is 3. The molecule has 6 heteroatoms. The van der Waals surface area contributed by atoms with Gasteiger partial charge in [-0.15, -0.1) is 11.8 Å². The van der Waals surface area contributed by atoms with Crippen LogP contribution >= 0.6 is 35.0 Å². The maximum atomic E-state index is 13.1. The van der Waals surface area contributed by atoms with E-state index < -0.39 is 0 Å². The third-order valence-electron chi connectivity index (χ3n) is 2.25. The minimum Gasteiger partial charge on any atom is -0.398 e. The van der Waals surface area contributed by atoms with Gasteiger partial charge in [0, 0.05) is 16.3 Å². The second kappa shape index (κ2) is 5.78. The lowest BCUT2D eigenvalue weighted by Gasteiger charge is -2.06. The molecule has 2 nitrogen and oxygen atoms in total. The van der Waals surface area contributed by atoms with Gasteiger partial charge in [-0.2, -0.15) is 0 Å². The van der Waals surface area contributed by atoms with E-state index >= 15 is 0 Å². The Labute approximate surface area is 118 Å². The highest BCUT2D eigenvalue weighted by atomic mass is 35.5. The average Bonchev–Trinajstić information content (AvgIpc) is 2.32. The SMILES string of the molecule is Nc1ccc(F)cc1SCc1ccc(Cl)nc1Cl. The van der Waals surface area contributed by atoms with Crippen LogP contribution in [0.4, 0.5) is 10.1 Å². The molecule has 94 valence electrons. The predicted molar refractivity (Wildman–Crippen MR) is 74.6 cm³/mol. The number of aromatic nitrogens is 1. The number of nitrogens with zero attached hydrogens (tertiary/aromatic N) is 1. The summed E-state index contributed by atoms with van der Waals surface area (Å²) in [4.78, 5) is 4.62. The fourth-order valence-corrected chi connectivity index (χ4v) is 2.80. The quantitative estimate of drug-likeness (QED) is 0.519. The molecule has 0 aliphatic carbocycles. The van der Waals surface area contributed by atoms with Crippen LogP contribution in [0.15, 0.2) is 35.2 Å². The molecule has 0 unspecified atom stereocenters. The number of hydrogen-bond donors (Lipinski definition) is 1. The second-order valence-corrected chi connectivity index (χ2v) is 5.32. The van der Waals surface area contributed by atoms with Crippen LogP contribution in [-0.2, 0) is 5.75 Å². The summed E-state index contributed by atoms with van der Waals surface area (Å²) in [7, 11) is 0. The standard InChI is InChI=1S/C12H9Cl2FN2S/c13-11-4-1-7(12(14)17-11)6-18-10-5-8(15)2-3-9(10)16/h1-5H,6,16H2. The lowest BCUT2D eigenvalue weighted by atomic mass is 10.3. The van der Waals surface area contributed by atoms with Gasteiger partial charge >= 0.3 is 0 Å². The van der Waals surface area contributed by atoms with Crippen molar-refractivity contribution in [2.24, 2.45) is 0 Å². The number of nitrogens with two attached hydrogens (primary N) is 1. The van der Waals surface area contributed by atoms with E-state index in [0.29, 0.717) is 26.6 Å². The molecule has 2 aromatic rings. The third kappa shape index (κ3) is 3.28. The summed E-state index contributed by atoms with van der Waals surface area (Å²) in [6.45, 7) is 0. The fraction of sp³-hybridized carbons (Fsp3) is 0.0833. The summed E-state index contributed by atoms with van der Waals surface area (Å²) in [6, 6.07) is 7.73. The Morgan fingerprint density at radius 3 is 2.72 bits per heavy atom. The summed E-state index contributed by atoms with van der Waals surface area (Å²) in [5, 5.41) is 0.698. The largest absolute Gasteiger partial charge is 0.398 e. The average molecular weight is 303 g/mol. The number of anilines is 1. The maximum absolute atomic E-state index is 13.1. The van der Waals surface area contributed by atoms with Crippen molar-refractivity contribution in [3.05, 3.63) is 52.0 Å². The first-order valence-corrected chi connectivity index (χ1v) is 6.79. The van der Waals surface area contributed by atoms with E-state index in [0.717, 1.165) is 5.56 Å². The van der Waals surface area contributed by atoms with Crippen molar-refractivity contribution >= 4 is 40.7 Å². The Morgan fingerprint density at radius 1 is 1.22 bits per heavy atom. The lowest BCUT2D eigenvalue weighted by Crippen LogP contribution is -1.91. The van der Waals surface area contributed by atoms with Crippen molar-refractivity contribution in [2.75, 3.05) is 5.73 Å². The molecule has 0 amide bonds. The molecular weight excluding hydrogens is 294 g/mol. The second-order valence-electron chi connectivity index (χ2n) is 3.55. The predicted octanol–water partition coefficient (Wildman–Crippen LogP) is 4.40. The summed E-state index contributed by atoms with van der Waals surface area (Å²) in [5.74, 6) is 0.239. The van der Waals surface area contributed by atoms with Crippen LogP contribution in [0.2, 0.25) is 10.3 Å². The fourth-order valence-electron chi connectivity index (χ4n) is 1.34. The van der Waals surface area contributed by atoms with Crippen molar-refractivity contribution < 1.29 is 4.39 Å². The smallest absolute Gasteiger partial charge is 0.134 e. The Balaban J connectivity index is 2.13.